The molecular formula is C19H17ClF3NO2. The van der Waals surface area contributed by atoms with E-state index < -0.39 is 12.6 Å². The second-order valence-corrected chi connectivity index (χ2v) is 6.52. The molecule has 26 heavy (non-hydrogen) atoms. The maximum Gasteiger partial charge on any atom is 0.389 e. The van der Waals surface area contributed by atoms with Crippen LogP contribution in [0.15, 0.2) is 36.4 Å². The highest BCUT2D eigenvalue weighted by Crippen LogP contribution is 2.36. The van der Waals surface area contributed by atoms with Crippen molar-refractivity contribution in [2.75, 3.05) is 6.61 Å². The summed E-state index contributed by atoms with van der Waals surface area (Å²) in [6.07, 6.45) is -3.91. The Morgan fingerprint density at radius 3 is 2.58 bits per heavy atom. The van der Waals surface area contributed by atoms with Crippen LogP contribution in [-0.4, -0.2) is 22.9 Å². The molecule has 0 bridgehead atoms. The van der Waals surface area contributed by atoms with E-state index in [0.717, 1.165) is 10.9 Å². The van der Waals surface area contributed by atoms with Crippen molar-refractivity contribution < 1.29 is 23.0 Å². The molecule has 2 aromatic carbocycles. The Kier molecular flexibility index (Phi) is 5.41. The molecule has 0 aliphatic heterocycles. The topological polar surface area (TPSA) is 42.4 Å². The third-order valence-electron chi connectivity index (χ3n) is 4.05. The Hall–Kier alpha value is -2.21. The minimum atomic E-state index is -4.11. The standard InChI is InChI=1S/C19H17ClF3NO2/c20-13-5-4-12-10-14-15(24-16(12)11-13)6-7-17(18(14)25)26-9-3-1-2-8-19(21,22)23/h4-7,10-11,25H,1-3,8-9H2. The van der Waals surface area contributed by atoms with Crippen LogP contribution in [-0.2, 0) is 0 Å². The summed E-state index contributed by atoms with van der Waals surface area (Å²) in [7, 11) is 0. The van der Waals surface area contributed by atoms with Crippen molar-refractivity contribution in [3.63, 3.8) is 0 Å². The lowest BCUT2D eigenvalue weighted by atomic mass is 10.1. The monoisotopic (exact) mass is 383 g/mol. The van der Waals surface area contributed by atoms with Gasteiger partial charge in [-0.3, -0.25) is 0 Å². The quantitative estimate of drug-likeness (QED) is 0.404. The molecule has 0 saturated carbocycles. The highest BCUT2D eigenvalue weighted by molar-refractivity contribution is 6.31. The second kappa shape index (κ2) is 7.58. The molecule has 0 fully saturated rings. The van der Waals surface area contributed by atoms with E-state index in [1.165, 1.54) is 0 Å². The van der Waals surface area contributed by atoms with Crippen LogP contribution in [0.1, 0.15) is 25.7 Å². The number of nitrogens with zero attached hydrogens (tertiary/aromatic N) is 1. The predicted octanol–water partition coefficient (Wildman–Crippen LogP) is 6.25. The first-order valence-corrected chi connectivity index (χ1v) is 8.63. The predicted molar refractivity (Wildman–Crippen MR) is 95.9 cm³/mol. The number of hydrogen-bond acceptors (Lipinski definition) is 3. The molecule has 0 atom stereocenters. The lowest BCUT2D eigenvalue weighted by molar-refractivity contribution is -0.135. The average Bonchev–Trinajstić information content (AvgIpc) is 2.57. The molecule has 0 saturated heterocycles. The van der Waals surface area contributed by atoms with Crippen LogP contribution in [0.2, 0.25) is 5.02 Å². The number of fused-ring (bicyclic) bond motifs is 2. The van der Waals surface area contributed by atoms with Gasteiger partial charge in [-0.25, -0.2) is 4.98 Å². The van der Waals surface area contributed by atoms with Gasteiger partial charge in [-0.1, -0.05) is 17.7 Å². The van der Waals surface area contributed by atoms with Crippen LogP contribution in [0.5, 0.6) is 11.5 Å². The first kappa shape index (κ1) is 18.6. The number of pyridine rings is 1. The Labute approximate surface area is 153 Å². The van der Waals surface area contributed by atoms with E-state index in [9.17, 15) is 18.3 Å². The number of halogens is 4. The number of aromatic hydroxyl groups is 1. The fourth-order valence-electron chi connectivity index (χ4n) is 2.74. The number of unbranched alkanes of at least 4 members (excludes halogenated alkanes) is 2. The van der Waals surface area contributed by atoms with Crippen LogP contribution in [0, 0.1) is 0 Å². The summed E-state index contributed by atoms with van der Waals surface area (Å²) in [6, 6.07) is 10.5. The van der Waals surface area contributed by atoms with Crippen molar-refractivity contribution in [3.8, 4) is 11.5 Å². The minimum Gasteiger partial charge on any atom is -0.504 e. The normalized spacial score (nSPS) is 12.0. The van der Waals surface area contributed by atoms with Crippen molar-refractivity contribution in [2.24, 2.45) is 0 Å². The van der Waals surface area contributed by atoms with Gasteiger partial charge < -0.3 is 9.84 Å². The molecule has 1 heterocycles. The molecule has 0 aliphatic carbocycles. The third kappa shape index (κ3) is 4.49. The average molecular weight is 384 g/mol. The van der Waals surface area contributed by atoms with Gasteiger partial charge in [0.25, 0.3) is 0 Å². The van der Waals surface area contributed by atoms with Gasteiger partial charge >= 0.3 is 6.18 Å². The van der Waals surface area contributed by atoms with E-state index in [1.807, 2.05) is 6.07 Å². The molecular weight excluding hydrogens is 367 g/mol. The molecule has 0 amide bonds. The summed E-state index contributed by atoms with van der Waals surface area (Å²) in [5, 5.41) is 12.4. The van der Waals surface area contributed by atoms with Crippen LogP contribution in [0.25, 0.3) is 21.8 Å². The molecule has 0 unspecified atom stereocenters. The molecule has 0 aliphatic rings. The zero-order valence-electron chi connectivity index (χ0n) is 13.8. The second-order valence-electron chi connectivity index (χ2n) is 6.08. The maximum absolute atomic E-state index is 12.1. The van der Waals surface area contributed by atoms with Gasteiger partial charge in [0.15, 0.2) is 11.5 Å². The molecule has 3 aromatic rings. The fraction of sp³-hybridized carbons (Fsp3) is 0.316. The molecule has 1 N–H and O–H groups in total. The summed E-state index contributed by atoms with van der Waals surface area (Å²) < 4.78 is 41.8. The van der Waals surface area contributed by atoms with Crippen LogP contribution < -0.4 is 4.74 Å². The highest BCUT2D eigenvalue weighted by atomic mass is 35.5. The number of hydrogen-bond donors (Lipinski definition) is 1. The zero-order valence-corrected chi connectivity index (χ0v) is 14.6. The van der Waals surface area contributed by atoms with Crippen LogP contribution >= 0.6 is 11.6 Å². The van der Waals surface area contributed by atoms with Gasteiger partial charge in [-0.05, 0) is 49.6 Å². The summed E-state index contributed by atoms with van der Waals surface area (Å²) >= 11 is 5.97. The van der Waals surface area contributed by atoms with Gasteiger partial charge in [0.2, 0.25) is 0 Å². The van der Waals surface area contributed by atoms with Crippen LogP contribution in [0.3, 0.4) is 0 Å². The van der Waals surface area contributed by atoms with Gasteiger partial charge in [0, 0.05) is 22.2 Å². The molecule has 7 heteroatoms. The smallest absolute Gasteiger partial charge is 0.389 e. The Bertz CT molecular complexity index is 928. The number of alkyl halides is 3. The van der Waals surface area contributed by atoms with E-state index in [2.05, 4.69) is 4.98 Å². The van der Waals surface area contributed by atoms with Crippen LogP contribution in [0.4, 0.5) is 13.2 Å². The first-order valence-electron chi connectivity index (χ1n) is 8.25. The van der Waals surface area contributed by atoms with E-state index in [1.54, 1.807) is 30.3 Å². The molecule has 0 radical (unpaired) electrons. The largest absolute Gasteiger partial charge is 0.504 e. The Balaban J connectivity index is 1.69. The molecule has 3 rings (SSSR count). The van der Waals surface area contributed by atoms with Crippen molar-refractivity contribution in [1.29, 1.82) is 0 Å². The Morgan fingerprint density at radius 2 is 1.81 bits per heavy atom. The summed E-state index contributed by atoms with van der Waals surface area (Å²) in [5.41, 5.74) is 1.33. The molecule has 0 spiro atoms. The van der Waals surface area contributed by atoms with E-state index in [-0.39, 0.29) is 18.8 Å². The SMILES string of the molecule is Oc1c(OCCCCCC(F)(F)F)ccc2nc3cc(Cl)ccc3cc12. The van der Waals surface area contributed by atoms with E-state index in [4.69, 9.17) is 16.3 Å². The maximum atomic E-state index is 12.1. The number of benzene rings is 2. The van der Waals surface area contributed by atoms with E-state index >= 15 is 0 Å². The molecule has 138 valence electrons. The summed E-state index contributed by atoms with van der Waals surface area (Å²) in [4.78, 5) is 4.48. The first-order chi connectivity index (χ1) is 12.3. The van der Waals surface area contributed by atoms with Crippen molar-refractivity contribution in [1.82, 2.24) is 4.98 Å². The van der Waals surface area contributed by atoms with Gasteiger partial charge in [-0.15, -0.1) is 0 Å². The van der Waals surface area contributed by atoms with Crippen molar-refractivity contribution in [2.45, 2.75) is 31.9 Å². The van der Waals surface area contributed by atoms with Crippen molar-refractivity contribution >= 4 is 33.4 Å². The zero-order chi connectivity index (χ0) is 18.7. The van der Waals surface area contributed by atoms with Gasteiger partial charge in [-0.2, -0.15) is 13.2 Å². The number of aromatic nitrogens is 1. The lowest BCUT2D eigenvalue weighted by Crippen LogP contribution is -2.06. The summed E-state index contributed by atoms with van der Waals surface area (Å²) in [6.45, 7) is 0.244. The highest BCUT2D eigenvalue weighted by Gasteiger charge is 2.25. The van der Waals surface area contributed by atoms with E-state index in [0.29, 0.717) is 34.5 Å². The molecule has 1 aromatic heterocycles. The summed E-state index contributed by atoms with van der Waals surface area (Å²) in [5.74, 6) is 0.269. The number of phenolic OH excluding ortho intramolecular Hbond substituents is 1. The van der Waals surface area contributed by atoms with Gasteiger partial charge in [0.05, 0.1) is 17.6 Å². The lowest BCUT2D eigenvalue weighted by Gasteiger charge is -2.11. The third-order valence-corrected chi connectivity index (χ3v) is 4.29. The number of rotatable bonds is 6. The van der Waals surface area contributed by atoms with Gasteiger partial charge in [0.1, 0.15) is 0 Å². The number of ether oxygens (including phenoxy) is 1. The Morgan fingerprint density at radius 1 is 1.00 bits per heavy atom. The molecule has 3 nitrogen and oxygen atoms in total. The number of phenols is 1. The minimum absolute atomic E-state index is 0.0258. The fourth-order valence-corrected chi connectivity index (χ4v) is 2.91. The van der Waals surface area contributed by atoms with Crippen molar-refractivity contribution in [3.05, 3.63) is 41.4 Å².